The first-order chi connectivity index (χ1) is 12.7. The second kappa shape index (κ2) is 7.27. The molecule has 0 fully saturated rings. The number of amides is 1. The fraction of sp³-hybridized carbons (Fsp3) is 0.0500. The number of nitrogens with zero attached hydrogens (tertiary/aromatic N) is 2. The zero-order valence-electron chi connectivity index (χ0n) is 14.0. The molecule has 0 unspecified atom stereocenters. The number of benzene rings is 2. The van der Waals surface area contributed by atoms with Gasteiger partial charge >= 0.3 is 0 Å². The third kappa shape index (κ3) is 3.34. The van der Waals surface area contributed by atoms with Crippen LogP contribution in [0.4, 0.5) is 5.13 Å². The highest BCUT2D eigenvalue weighted by molar-refractivity contribution is 7.98. The van der Waals surface area contributed by atoms with E-state index in [9.17, 15) is 4.79 Å². The molecule has 0 bridgehead atoms. The SMILES string of the molecule is CSc1ccc(-c2csc(NC(=O)c3ccnc4ccccc34)n2)cc1. The molecule has 0 spiro atoms. The molecule has 4 aromatic rings. The zero-order chi connectivity index (χ0) is 17.9. The van der Waals surface area contributed by atoms with Crippen molar-refractivity contribution >= 4 is 45.0 Å². The Kier molecular flexibility index (Phi) is 4.69. The Labute approximate surface area is 159 Å². The Bertz CT molecular complexity index is 1070. The van der Waals surface area contributed by atoms with E-state index >= 15 is 0 Å². The van der Waals surface area contributed by atoms with Crippen LogP contribution in [0.15, 0.2) is 71.1 Å². The molecule has 4 rings (SSSR count). The number of anilines is 1. The molecule has 26 heavy (non-hydrogen) atoms. The van der Waals surface area contributed by atoms with E-state index in [4.69, 9.17) is 0 Å². The van der Waals surface area contributed by atoms with E-state index < -0.39 is 0 Å². The van der Waals surface area contributed by atoms with Gasteiger partial charge in [0.05, 0.1) is 16.8 Å². The summed E-state index contributed by atoms with van der Waals surface area (Å²) in [6, 6.07) is 17.6. The zero-order valence-corrected chi connectivity index (χ0v) is 15.6. The van der Waals surface area contributed by atoms with Gasteiger partial charge in [-0.15, -0.1) is 23.1 Å². The summed E-state index contributed by atoms with van der Waals surface area (Å²) in [5.41, 5.74) is 3.29. The minimum Gasteiger partial charge on any atom is -0.298 e. The second-order valence-corrected chi connectivity index (χ2v) is 7.33. The van der Waals surface area contributed by atoms with E-state index in [1.54, 1.807) is 24.0 Å². The van der Waals surface area contributed by atoms with Crippen LogP contribution in [-0.2, 0) is 0 Å². The van der Waals surface area contributed by atoms with Crippen LogP contribution < -0.4 is 5.32 Å². The first-order valence-corrected chi connectivity index (χ1v) is 10.1. The molecule has 1 amide bonds. The molecular formula is C20H15N3OS2. The molecule has 1 N–H and O–H groups in total. The van der Waals surface area contributed by atoms with Crippen LogP contribution in [0.25, 0.3) is 22.2 Å². The van der Waals surface area contributed by atoms with Crippen molar-refractivity contribution in [3.05, 3.63) is 71.7 Å². The maximum absolute atomic E-state index is 12.7. The molecule has 0 aliphatic rings. The maximum Gasteiger partial charge on any atom is 0.258 e. The van der Waals surface area contributed by atoms with Gasteiger partial charge in [-0.1, -0.05) is 30.3 Å². The third-order valence-electron chi connectivity index (χ3n) is 4.00. The van der Waals surface area contributed by atoms with Gasteiger partial charge in [-0.05, 0) is 30.5 Å². The lowest BCUT2D eigenvalue weighted by Crippen LogP contribution is -2.12. The number of para-hydroxylation sites is 1. The monoisotopic (exact) mass is 377 g/mol. The molecule has 2 aromatic heterocycles. The van der Waals surface area contributed by atoms with Gasteiger partial charge in [-0.25, -0.2) is 4.98 Å². The molecule has 0 atom stereocenters. The Hall–Kier alpha value is -2.70. The van der Waals surface area contributed by atoms with E-state index in [-0.39, 0.29) is 5.91 Å². The Morgan fingerprint density at radius 2 is 1.88 bits per heavy atom. The number of thiazole rings is 1. The van der Waals surface area contributed by atoms with Crippen molar-refractivity contribution in [2.75, 3.05) is 11.6 Å². The van der Waals surface area contributed by atoms with Crippen molar-refractivity contribution in [3.8, 4) is 11.3 Å². The lowest BCUT2D eigenvalue weighted by Gasteiger charge is -2.05. The van der Waals surface area contributed by atoms with Crippen molar-refractivity contribution in [1.82, 2.24) is 9.97 Å². The number of rotatable bonds is 4. The molecule has 4 nitrogen and oxygen atoms in total. The smallest absolute Gasteiger partial charge is 0.258 e. The molecular weight excluding hydrogens is 362 g/mol. The Balaban J connectivity index is 1.57. The van der Waals surface area contributed by atoms with Gasteiger partial charge in [0.1, 0.15) is 0 Å². The largest absolute Gasteiger partial charge is 0.298 e. The molecule has 2 heterocycles. The van der Waals surface area contributed by atoms with Crippen molar-refractivity contribution < 1.29 is 4.79 Å². The highest BCUT2D eigenvalue weighted by Gasteiger charge is 2.13. The van der Waals surface area contributed by atoms with E-state index in [2.05, 4.69) is 27.4 Å². The number of aromatic nitrogens is 2. The number of hydrogen-bond acceptors (Lipinski definition) is 5. The predicted octanol–water partition coefficient (Wildman–Crippen LogP) is 5.33. The van der Waals surface area contributed by atoms with Crippen LogP contribution in [0, 0.1) is 0 Å². The summed E-state index contributed by atoms with van der Waals surface area (Å²) in [6.07, 6.45) is 3.70. The Morgan fingerprint density at radius 3 is 2.69 bits per heavy atom. The van der Waals surface area contributed by atoms with Gasteiger partial charge in [0.15, 0.2) is 5.13 Å². The molecule has 0 aliphatic heterocycles. The summed E-state index contributed by atoms with van der Waals surface area (Å²) in [7, 11) is 0. The van der Waals surface area contributed by atoms with Crippen LogP contribution in [0.5, 0.6) is 0 Å². The predicted molar refractivity (Wildman–Crippen MR) is 109 cm³/mol. The first-order valence-electron chi connectivity index (χ1n) is 7.99. The quantitative estimate of drug-likeness (QED) is 0.488. The van der Waals surface area contributed by atoms with E-state index in [0.29, 0.717) is 10.7 Å². The topological polar surface area (TPSA) is 54.9 Å². The molecule has 0 saturated heterocycles. The number of carbonyl (C=O) groups excluding carboxylic acids is 1. The third-order valence-corrected chi connectivity index (χ3v) is 5.51. The summed E-state index contributed by atoms with van der Waals surface area (Å²) in [5.74, 6) is -0.178. The van der Waals surface area contributed by atoms with Gasteiger partial charge in [0.2, 0.25) is 0 Å². The fourth-order valence-electron chi connectivity index (χ4n) is 2.68. The minimum absolute atomic E-state index is 0.178. The second-order valence-electron chi connectivity index (χ2n) is 5.60. The highest BCUT2D eigenvalue weighted by atomic mass is 32.2. The van der Waals surface area contributed by atoms with Gasteiger partial charge in [-0.2, -0.15) is 0 Å². The summed E-state index contributed by atoms with van der Waals surface area (Å²) < 4.78 is 0. The molecule has 0 radical (unpaired) electrons. The van der Waals surface area contributed by atoms with E-state index in [1.165, 1.54) is 16.2 Å². The highest BCUT2D eigenvalue weighted by Crippen LogP contribution is 2.27. The number of nitrogens with one attached hydrogen (secondary N) is 1. The van der Waals surface area contributed by atoms with Crippen molar-refractivity contribution in [1.29, 1.82) is 0 Å². The van der Waals surface area contributed by atoms with Crippen LogP contribution in [0.1, 0.15) is 10.4 Å². The number of carbonyl (C=O) groups is 1. The van der Waals surface area contributed by atoms with Crippen LogP contribution in [-0.4, -0.2) is 22.1 Å². The lowest BCUT2D eigenvalue weighted by molar-refractivity contribution is 0.102. The Morgan fingerprint density at radius 1 is 1.08 bits per heavy atom. The molecule has 0 saturated carbocycles. The van der Waals surface area contributed by atoms with E-state index in [1.807, 2.05) is 48.0 Å². The van der Waals surface area contributed by atoms with Crippen molar-refractivity contribution in [2.24, 2.45) is 0 Å². The first kappa shape index (κ1) is 16.8. The molecule has 2 aromatic carbocycles. The van der Waals surface area contributed by atoms with E-state index in [0.717, 1.165) is 22.2 Å². The van der Waals surface area contributed by atoms with Crippen LogP contribution in [0.3, 0.4) is 0 Å². The normalized spacial score (nSPS) is 10.8. The van der Waals surface area contributed by atoms with Gasteiger partial charge in [-0.3, -0.25) is 15.1 Å². The summed E-state index contributed by atoms with van der Waals surface area (Å²) in [4.78, 5) is 22.7. The van der Waals surface area contributed by atoms with Crippen molar-refractivity contribution in [3.63, 3.8) is 0 Å². The van der Waals surface area contributed by atoms with Gasteiger partial charge in [0, 0.05) is 27.4 Å². The number of hydrogen-bond donors (Lipinski definition) is 1. The fourth-order valence-corrected chi connectivity index (χ4v) is 3.81. The minimum atomic E-state index is -0.178. The maximum atomic E-state index is 12.7. The summed E-state index contributed by atoms with van der Waals surface area (Å²) in [6.45, 7) is 0. The molecule has 128 valence electrons. The molecule has 0 aliphatic carbocycles. The van der Waals surface area contributed by atoms with Crippen LogP contribution >= 0.6 is 23.1 Å². The number of pyridine rings is 1. The summed E-state index contributed by atoms with van der Waals surface area (Å²) >= 11 is 3.12. The number of thioether (sulfide) groups is 1. The van der Waals surface area contributed by atoms with Gasteiger partial charge < -0.3 is 0 Å². The van der Waals surface area contributed by atoms with Gasteiger partial charge in [0.25, 0.3) is 5.91 Å². The average Bonchev–Trinajstić information content (AvgIpc) is 3.16. The standard InChI is InChI=1S/C20H15N3OS2/c1-25-14-8-6-13(7-9-14)18-12-26-20(22-18)23-19(24)16-10-11-21-17-5-3-2-4-15(16)17/h2-12H,1H3,(H,22,23,24). The average molecular weight is 377 g/mol. The van der Waals surface area contributed by atoms with Crippen LogP contribution in [0.2, 0.25) is 0 Å². The lowest BCUT2D eigenvalue weighted by atomic mass is 10.1. The summed E-state index contributed by atoms with van der Waals surface area (Å²) in [5, 5.41) is 6.27. The molecule has 6 heteroatoms. The van der Waals surface area contributed by atoms with Crippen molar-refractivity contribution in [2.45, 2.75) is 4.90 Å². The number of fused-ring (bicyclic) bond motifs is 1.